The molecular weight excluding hydrogens is 598 g/mol. The quantitative estimate of drug-likeness (QED) is 0.166. The van der Waals surface area contributed by atoms with Gasteiger partial charge in [-0.2, -0.15) is 0 Å². The minimum absolute atomic E-state index is 0.192. The molecule has 1 saturated heterocycles. The second-order valence-electron chi connectivity index (χ2n) is 13.2. The number of piperazine rings is 1. The molecule has 0 bridgehead atoms. The van der Waals surface area contributed by atoms with Crippen molar-refractivity contribution in [3.8, 4) is 22.6 Å². The molecule has 8 nitrogen and oxygen atoms in total. The number of likely N-dealkylation sites (N-methyl/N-ethyl adjacent to an activating group) is 1. The molecule has 1 unspecified atom stereocenters. The van der Waals surface area contributed by atoms with Gasteiger partial charge in [0.1, 0.15) is 11.5 Å². The number of hydrogen-bond donors (Lipinski definition) is 1. The van der Waals surface area contributed by atoms with Crippen molar-refractivity contribution in [2.75, 3.05) is 59.3 Å². The van der Waals surface area contributed by atoms with Crippen LogP contribution in [-0.2, 0) is 13.0 Å². The minimum atomic E-state index is -0.192. The number of nitrogens with one attached hydrogen (secondary N) is 1. The zero-order chi connectivity index (χ0) is 33.8. The number of fused-ring (bicyclic) bond motifs is 1. The molecule has 3 heterocycles. The van der Waals surface area contributed by atoms with Crippen molar-refractivity contribution in [2.24, 2.45) is 5.92 Å². The normalized spacial score (nSPS) is 14.6. The lowest BCUT2D eigenvalue weighted by Gasteiger charge is -2.34. The van der Waals surface area contributed by atoms with Gasteiger partial charge >= 0.3 is 0 Å². The first-order chi connectivity index (χ1) is 23.2. The van der Waals surface area contributed by atoms with E-state index in [0.717, 1.165) is 62.4 Å². The van der Waals surface area contributed by atoms with E-state index in [0.29, 0.717) is 28.7 Å². The number of nitrogens with zero attached hydrogens (tertiary/aromatic N) is 4. The second kappa shape index (κ2) is 14.6. The molecule has 6 rings (SSSR count). The molecule has 1 atom stereocenters. The van der Waals surface area contributed by atoms with Gasteiger partial charge < -0.3 is 29.2 Å². The first-order valence-corrected chi connectivity index (χ1v) is 16.8. The maximum Gasteiger partial charge on any atom is 0.255 e. The SMILES string of the molecule is COc1cc(NC(=O)c2cccc(Cc3ccc4c(c3)c(C)c(C)n4CC(C)CN3CCN(C)CC3)c2)cc(OC)c1-c1ccncc1. The van der Waals surface area contributed by atoms with Gasteiger partial charge in [-0.1, -0.05) is 25.1 Å². The molecule has 1 fully saturated rings. The Hall–Kier alpha value is -4.66. The Kier molecular flexibility index (Phi) is 10.1. The summed E-state index contributed by atoms with van der Waals surface area (Å²) in [4.78, 5) is 22.6. The molecule has 250 valence electrons. The molecule has 8 heteroatoms. The Morgan fingerprint density at radius 3 is 2.25 bits per heavy atom. The van der Waals surface area contributed by atoms with Crippen LogP contribution in [0.5, 0.6) is 11.5 Å². The molecule has 1 amide bonds. The lowest BCUT2D eigenvalue weighted by Crippen LogP contribution is -2.46. The second-order valence-corrected chi connectivity index (χ2v) is 13.2. The van der Waals surface area contributed by atoms with Gasteiger partial charge in [0.25, 0.3) is 5.91 Å². The predicted octanol–water partition coefficient (Wildman–Crippen LogP) is 7.06. The Bertz CT molecular complexity index is 1870. The summed E-state index contributed by atoms with van der Waals surface area (Å²) >= 11 is 0. The van der Waals surface area contributed by atoms with Gasteiger partial charge in [-0.25, -0.2) is 0 Å². The Morgan fingerprint density at radius 1 is 0.875 bits per heavy atom. The third kappa shape index (κ3) is 7.25. The Balaban J connectivity index is 1.16. The lowest BCUT2D eigenvalue weighted by molar-refractivity contribution is 0.102. The average Bonchev–Trinajstić information content (AvgIpc) is 3.33. The number of amides is 1. The summed E-state index contributed by atoms with van der Waals surface area (Å²) in [6.07, 6.45) is 4.19. The molecular formula is C40H47N5O3. The third-order valence-corrected chi connectivity index (χ3v) is 9.69. The highest BCUT2D eigenvalue weighted by Gasteiger charge is 2.20. The van der Waals surface area contributed by atoms with Gasteiger partial charge in [0.2, 0.25) is 0 Å². The van der Waals surface area contributed by atoms with E-state index in [1.807, 2.05) is 42.5 Å². The molecule has 2 aromatic heterocycles. The molecule has 0 saturated carbocycles. The number of aryl methyl sites for hydroxylation is 1. The summed E-state index contributed by atoms with van der Waals surface area (Å²) in [5, 5.41) is 4.35. The van der Waals surface area contributed by atoms with Gasteiger partial charge in [0.05, 0.1) is 19.8 Å². The number of rotatable bonds is 11. The van der Waals surface area contributed by atoms with E-state index in [1.165, 1.54) is 27.7 Å². The lowest BCUT2D eigenvalue weighted by atomic mass is 10.0. The van der Waals surface area contributed by atoms with Crippen LogP contribution < -0.4 is 14.8 Å². The summed E-state index contributed by atoms with van der Waals surface area (Å²) in [5.41, 5.74) is 9.20. The molecule has 1 aliphatic heterocycles. The zero-order valence-electron chi connectivity index (χ0n) is 29.0. The number of aromatic nitrogens is 2. The van der Waals surface area contributed by atoms with Gasteiger partial charge in [0, 0.05) is 91.6 Å². The molecule has 0 aliphatic carbocycles. The maximum absolute atomic E-state index is 13.5. The predicted molar refractivity (Wildman–Crippen MR) is 194 cm³/mol. The zero-order valence-corrected chi connectivity index (χ0v) is 29.0. The van der Waals surface area contributed by atoms with Crippen LogP contribution in [0.2, 0.25) is 0 Å². The van der Waals surface area contributed by atoms with Crippen LogP contribution in [0.1, 0.15) is 39.7 Å². The van der Waals surface area contributed by atoms with E-state index in [1.54, 1.807) is 26.6 Å². The fraction of sp³-hybridized carbons (Fsp3) is 0.350. The highest BCUT2D eigenvalue weighted by Crippen LogP contribution is 2.41. The van der Waals surface area contributed by atoms with Gasteiger partial charge in [-0.3, -0.25) is 9.78 Å². The van der Waals surface area contributed by atoms with E-state index in [2.05, 4.69) is 76.8 Å². The molecule has 0 radical (unpaired) electrons. The van der Waals surface area contributed by atoms with E-state index in [9.17, 15) is 4.79 Å². The van der Waals surface area contributed by atoms with Crippen molar-refractivity contribution in [3.63, 3.8) is 0 Å². The number of anilines is 1. The van der Waals surface area contributed by atoms with Crippen molar-refractivity contribution < 1.29 is 14.3 Å². The number of carbonyl (C=O) groups is 1. The van der Waals surface area contributed by atoms with E-state index in [-0.39, 0.29) is 5.91 Å². The largest absolute Gasteiger partial charge is 0.496 e. The Morgan fingerprint density at radius 2 is 1.56 bits per heavy atom. The van der Waals surface area contributed by atoms with E-state index >= 15 is 0 Å². The maximum atomic E-state index is 13.5. The van der Waals surface area contributed by atoms with Crippen LogP contribution in [0.3, 0.4) is 0 Å². The molecule has 3 aromatic carbocycles. The van der Waals surface area contributed by atoms with E-state index in [4.69, 9.17) is 9.47 Å². The fourth-order valence-electron chi connectivity index (χ4n) is 6.93. The van der Waals surface area contributed by atoms with E-state index < -0.39 is 0 Å². The standard InChI is InChI=1S/C40H47N5O3/c1-27(25-44-18-16-43(4)17-19-44)26-45-29(3)28(2)35-22-31(10-11-36(35)45)20-30-8-7-9-33(21-30)40(46)42-34-23-37(47-5)39(38(24-34)48-6)32-12-14-41-15-13-32/h7-15,21-24,27H,16-20,25-26H2,1-6H3,(H,42,46). The average molecular weight is 646 g/mol. The molecule has 48 heavy (non-hydrogen) atoms. The smallest absolute Gasteiger partial charge is 0.255 e. The summed E-state index contributed by atoms with van der Waals surface area (Å²) in [6.45, 7) is 13.6. The molecule has 1 aliphatic rings. The van der Waals surface area contributed by atoms with Crippen LogP contribution in [0.15, 0.2) is 79.1 Å². The number of carbonyl (C=O) groups excluding carboxylic acids is 1. The van der Waals surface area contributed by atoms with Crippen LogP contribution in [0, 0.1) is 19.8 Å². The monoisotopic (exact) mass is 645 g/mol. The van der Waals surface area contributed by atoms with Crippen molar-refractivity contribution in [2.45, 2.75) is 33.7 Å². The highest BCUT2D eigenvalue weighted by molar-refractivity contribution is 6.05. The topological polar surface area (TPSA) is 71.9 Å². The minimum Gasteiger partial charge on any atom is -0.496 e. The number of ether oxygens (including phenoxy) is 2. The summed E-state index contributed by atoms with van der Waals surface area (Å²) < 4.78 is 13.9. The Labute approximate surface area is 284 Å². The van der Waals surface area contributed by atoms with Crippen molar-refractivity contribution in [3.05, 3.63) is 107 Å². The first kappa shape index (κ1) is 33.2. The van der Waals surface area contributed by atoms with Gasteiger partial charge in [-0.05, 0) is 91.9 Å². The summed E-state index contributed by atoms with van der Waals surface area (Å²) in [6, 6.07) is 22.1. The highest BCUT2D eigenvalue weighted by atomic mass is 16.5. The summed E-state index contributed by atoms with van der Waals surface area (Å²) in [5.74, 6) is 1.58. The summed E-state index contributed by atoms with van der Waals surface area (Å²) in [7, 11) is 5.43. The van der Waals surface area contributed by atoms with Gasteiger partial charge in [0.15, 0.2) is 0 Å². The number of pyridine rings is 1. The van der Waals surface area contributed by atoms with Crippen molar-refractivity contribution >= 4 is 22.5 Å². The fourth-order valence-corrected chi connectivity index (χ4v) is 6.93. The molecule has 0 spiro atoms. The first-order valence-electron chi connectivity index (χ1n) is 16.8. The number of hydrogen-bond acceptors (Lipinski definition) is 6. The molecule has 5 aromatic rings. The van der Waals surface area contributed by atoms with Crippen LogP contribution in [0.4, 0.5) is 5.69 Å². The number of benzene rings is 3. The third-order valence-electron chi connectivity index (χ3n) is 9.69. The van der Waals surface area contributed by atoms with Crippen LogP contribution in [0.25, 0.3) is 22.0 Å². The van der Waals surface area contributed by atoms with Crippen LogP contribution in [-0.4, -0.2) is 79.2 Å². The van der Waals surface area contributed by atoms with Gasteiger partial charge in [-0.15, -0.1) is 0 Å². The number of methoxy groups -OCH3 is 2. The van der Waals surface area contributed by atoms with Crippen molar-refractivity contribution in [1.29, 1.82) is 0 Å². The van der Waals surface area contributed by atoms with Crippen LogP contribution >= 0.6 is 0 Å². The van der Waals surface area contributed by atoms with Crippen molar-refractivity contribution in [1.82, 2.24) is 19.4 Å². The molecule has 1 N–H and O–H groups in total.